The maximum Gasteiger partial charge on any atom is 0.241 e. The van der Waals surface area contributed by atoms with Crippen LogP contribution in [-0.2, 0) is 10.0 Å². The Morgan fingerprint density at radius 2 is 2.05 bits per heavy atom. The number of nitrogens with two attached hydrogens (primary N) is 1. The number of likely N-dealkylation sites (tertiary alicyclic amines) is 1. The lowest BCUT2D eigenvalue weighted by molar-refractivity contribution is 0.322. The standard InChI is InChI=1S/C14H20ClN3O2S/c1-9-6-12(15)13(16)7-14(9)21(19,20)17-10-4-5-18(8-10)11-2-3-11/h6-7,10-11,17H,2-5,8,16H2,1H3. The summed E-state index contributed by atoms with van der Waals surface area (Å²) in [6.07, 6.45) is 3.34. The second kappa shape index (κ2) is 5.43. The molecule has 0 spiro atoms. The van der Waals surface area contributed by atoms with Crippen LogP contribution >= 0.6 is 11.6 Å². The fourth-order valence-corrected chi connectivity index (χ4v) is 4.64. The molecule has 1 aliphatic carbocycles. The molecule has 1 aromatic rings. The molecule has 1 aliphatic heterocycles. The average Bonchev–Trinajstić information content (AvgIpc) is 3.15. The summed E-state index contributed by atoms with van der Waals surface area (Å²) < 4.78 is 27.9. The van der Waals surface area contributed by atoms with Crippen LogP contribution in [0.4, 0.5) is 5.69 Å². The minimum atomic E-state index is -3.56. The van der Waals surface area contributed by atoms with Crippen molar-refractivity contribution >= 4 is 27.3 Å². The molecule has 1 unspecified atom stereocenters. The number of halogens is 1. The molecule has 3 N–H and O–H groups in total. The van der Waals surface area contributed by atoms with Gasteiger partial charge in [0.05, 0.1) is 15.6 Å². The van der Waals surface area contributed by atoms with Crippen LogP contribution in [0, 0.1) is 6.92 Å². The van der Waals surface area contributed by atoms with Gasteiger partial charge in [0.25, 0.3) is 0 Å². The summed E-state index contributed by atoms with van der Waals surface area (Å²) in [5.74, 6) is 0. The molecule has 3 rings (SSSR count). The van der Waals surface area contributed by atoms with Gasteiger partial charge in [-0.15, -0.1) is 0 Å². The van der Waals surface area contributed by atoms with Gasteiger partial charge in [-0.1, -0.05) is 11.6 Å². The molecule has 5 nitrogen and oxygen atoms in total. The van der Waals surface area contributed by atoms with Crippen molar-refractivity contribution in [2.24, 2.45) is 0 Å². The van der Waals surface area contributed by atoms with Gasteiger partial charge in [-0.25, -0.2) is 13.1 Å². The zero-order chi connectivity index (χ0) is 15.2. The summed E-state index contributed by atoms with van der Waals surface area (Å²) in [5, 5.41) is 0.382. The molecule has 1 heterocycles. The van der Waals surface area contributed by atoms with E-state index in [4.69, 9.17) is 17.3 Å². The fraction of sp³-hybridized carbons (Fsp3) is 0.571. The summed E-state index contributed by atoms with van der Waals surface area (Å²) in [5.41, 5.74) is 6.63. The van der Waals surface area contributed by atoms with Crippen LogP contribution in [0.2, 0.25) is 5.02 Å². The van der Waals surface area contributed by atoms with Gasteiger partial charge in [-0.05, 0) is 43.9 Å². The largest absolute Gasteiger partial charge is 0.397 e. The maximum atomic E-state index is 12.5. The number of anilines is 1. The Labute approximate surface area is 130 Å². The van der Waals surface area contributed by atoms with Crippen LogP contribution in [0.3, 0.4) is 0 Å². The number of hydrogen-bond acceptors (Lipinski definition) is 4. The van der Waals surface area contributed by atoms with Crippen LogP contribution < -0.4 is 10.5 Å². The SMILES string of the molecule is Cc1cc(Cl)c(N)cc1S(=O)(=O)NC1CCN(C2CC2)C1. The number of aryl methyl sites for hydroxylation is 1. The quantitative estimate of drug-likeness (QED) is 0.825. The Morgan fingerprint density at radius 1 is 1.33 bits per heavy atom. The number of nitrogens with one attached hydrogen (secondary N) is 1. The predicted molar refractivity (Wildman–Crippen MR) is 83.9 cm³/mol. The molecule has 0 amide bonds. The highest BCUT2D eigenvalue weighted by Gasteiger charge is 2.36. The van der Waals surface area contributed by atoms with Crippen molar-refractivity contribution in [3.8, 4) is 0 Å². The molecule has 21 heavy (non-hydrogen) atoms. The number of hydrogen-bond donors (Lipinski definition) is 2. The van der Waals surface area contributed by atoms with E-state index in [0.29, 0.717) is 16.6 Å². The van der Waals surface area contributed by atoms with E-state index in [1.165, 1.54) is 18.9 Å². The van der Waals surface area contributed by atoms with Crippen LogP contribution in [-0.4, -0.2) is 38.5 Å². The molecule has 1 saturated heterocycles. The second-order valence-electron chi connectivity index (χ2n) is 5.97. The van der Waals surface area contributed by atoms with Crippen molar-refractivity contribution in [1.82, 2.24) is 9.62 Å². The third-order valence-corrected chi connectivity index (χ3v) is 6.18. The van der Waals surface area contributed by atoms with E-state index in [2.05, 4.69) is 9.62 Å². The van der Waals surface area contributed by atoms with Gasteiger partial charge in [-0.3, -0.25) is 4.90 Å². The van der Waals surface area contributed by atoms with Crippen molar-refractivity contribution in [1.29, 1.82) is 0 Å². The number of sulfonamides is 1. The first-order valence-corrected chi connectivity index (χ1v) is 9.05. The minimum absolute atomic E-state index is 0.0214. The number of nitrogen functional groups attached to an aromatic ring is 1. The van der Waals surface area contributed by atoms with Gasteiger partial charge in [0.2, 0.25) is 10.0 Å². The van der Waals surface area contributed by atoms with E-state index >= 15 is 0 Å². The predicted octanol–water partition coefficient (Wildman–Crippen LogP) is 1.75. The average molecular weight is 330 g/mol. The Kier molecular flexibility index (Phi) is 3.90. The molecular weight excluding hydrogens is 310 g/mol. The van der Waals surface area contributed by atoms with Crippen LogP contribution in [0.5, 0.6) is 0 Å². The summed E-state index contributed by atoms with van der Waals surface area (Å²) in [4.78, 5) is 2.59. The van der Waals surface area contributed by atoms with Gasteiger partial charge in [0.15, 0.2) is 0 Å². The zero-order valence-corrected chi connectivity index (χ0v) is 13.5. The molecule has 116 valence electrons. The van der Waals surface area contributed by atoms with E-state index in [1.54, 1.807) is 13.0 Å². The molecule has 1 saturated carbocycles. The van der Waals surface area contributed by atoms with Crippen molar-refractivity contribution in [3.63, 3.8) is 0 Å². The molecule has 2 fully saturated rings. The monoisotopic (exact) mass is 329 g/mol. The molecule has 0 radical (unpaired) electrons. The Morgan fingerprint density at radius 3 is 2.71 bits per heavy atom. The Hall–Kier alpha value is -0.820. The third kappa shape index (κ3) is 3.18. The van der Waals surface area contributed by atoms with Crippen molar-refractivity contribution in [2.75, 3.05) is 18.8 Å². The second-order valence-corrected chi connectivity index (χ2v) is 8.06. The maximum absolute atomic E-state index is 12.5. The van der Waals surface area contributed by atoms with Crippen LogP contribution in [0.1, 0.15) is 24.8 Å². The van der Waals surface area contributed by atoms with Gasteiger partial charge in [0.1, 0.15) is 0 Å². The summed E-state index contributed by atoms with van der Waals surface area (Å²) in [6, 6.07) is 3.68. The minimum Gasteiger partial charge on any atom is -0.397 e. The first kappa shape index (κ1) is 15.1. The summed E-state index contributed by atoms with van der Waals surface area (Å²) >= 11 is 5.92. The van der Waals surface area contributed by atoms with Crippen LogP contribution in [0.25, 0.3) is 0 Å². The highest BCUT2D eigenvalue weighted by molar-refractivity contribution is 7.89. The van der Waals surface area contributed by atoms with Gasteiger partial charge in [-0.2, -0.15) is 0 Å². The molecule has 0 bridgehead atoms. The lowest BCUT2D eigenvalue weighted by Crippen LogP contribution is -2.37. The number of rotatable bonds is 4. The van der Waals surface area contributed by atoms with Crippen molar-refractivity contribution in [3.05, 3.63) is 22.7 Å². The third-order valence-electron chi connectivity index (χ3n) is 4.19. The summed E-state index contributed by atoms with van der Waals surface area (Å²) in [7, 11) is -3.56. The summed E-state index contributed by atoms with van der Waals surface area (Å²) in [6.45, 7) is 3.50. The Bertz CT molecular complexity index is 658. The Balaban J connectivity index is 1.76. The topological polar surface area (TPSA) is 75.4 Å². The first-order chi connectivity index (χ1) is 9.87. The van der Waals surface area contributed by atoms with Gasteiger partial charge in [0, 0.05) is 25.2 Å². The fourth-order valence-electron chi connectivity index (χ4n) is 2.90. The van der Waals surface area contributed by atoms with Crippen LogP contribution in [0.15, 0.2) is 17.0 Å². The lowest BCUT2D eigenvalue weighted by Gasteiger charge is -2.17. The van der Waals surface area contributed by atoms with E-state index in [1.807, 2.05) is 0 Å². The van der Waals surface area contributed by atoms with Crippen molar-refractivity contribution < 1.29 is 8.42 Å². The molecular formula is C14H20ClN3O2S. The van der Waals surface area contributed by atoms with E-state index in [0.717, 1.165) is 19.5 Å². The normalized spacial score (nSPS) is 23.6. The number of benzene rings is 1. The lowest BCUT2D eigenvalue weighted by atomic mass is 10.2. The van der Waals surface area contributed by atoms with Crippen molar-refractivity contribution in [2.45, 2.75) is 43.2 Å². The molecule has 7 heteroatoms. The highest BCUT2D eigenvalue weighted by Crippen LogP contribution is 2.31. The van der Waals surface area contributed by atoms with Gasteiger partial charge >= 0.3 is 0 Å². The smallest absolute Gasteiger partial charge is 0.241 e. The number of nitrogens with zero attached hydrogens (tertiary/aromatic N) is 1. The van der Waals surface area contributed by atoms with E-state index in [-0.39, 0.29) is 16.6 Å². The highest BCUT2D eigenvalue weighted by atomic mass is 35.5. The molecule has 1 aromatic carbocycles. The zero-order valence-electron chi connectivity index (χ0n) is 12.0. The molecule has 2 aliphatic rings. The van der Waals surface area contributed by atoms with Gasteiger partial charge < -0.3 is 5.73 Å². The van der Waals surface area contributed by atoms with E-state index < -0.39 is 10.0 Å². The van der Waals surface area contributed by atoms with E-state index in [9.17, 15) is 8.42 Å². The first-order valence-electron chi connectivity index (χ1n) is 7.19. The molecule has 0 aromatic heterocycles. The molecule has 1 atom stereocenters.